The minimum atomic E-state index is -4.36. The van der Waals surface area contributed by atoms with Crippen LogP contribution in [0.2, 0.25) is 0 Å². The van der Waals surface area contributed by atoms with Gasteiger partial charge in [-0.2, -0.15) is 18.2 Å². The second-order valence-electron chi connectivity index (χ2n) is 5.35. The minimum Gasteiger partial charge on any atom is -0.306 e. The normalized spacial score (nSPS) is 11.8. The fourth-order valence-corrected chi connectivity index (χ4v) is 2.29. The lowest BCUT2D eigenvalue weighted by molar-refractivity contribution is -0.137. The molecule has 1 N–H and O–H groups in total. The van der Waals surface area contributed by atoms with Crippen molar-refractivity contribution in [2.75, 3.05) is 0 Å². The number of aromatic nitrogens is 2. The van der Waals surface area contributed by atoms with Crippen LogP contribution >= 0.6 is 0 Å². The molecule has 0 atom stereocenters. The predicted molar refractivity (Wildman–Crippen MR) is 90.7 cm³/mol. The molecule has 3 rings (SSSR count). The maximum absolute atomic E-state index is 12.6. The van der Waals surface area contributed by atoms with E-state index >= 15 is 0 Å². The van der Waals surface area contributed by atoms with E-state index in [0.717, 1.165) is 17.7 Å². The standard InChI is InChI=1S/C19H13F3N2O/c20-19(21,22)15-9-6-13(7-10-15)8-11-16-12-17(24-18(25)23-16)14-4-2-1-3-5-14/h1-12H,(H,23,24,25)/b11-8+. The van der Waals surface area contributed by atoms with Crippen molar-refractivity contribution < 1.29 is 13.2 Å². The van der Waals surface area contributed by atoms with Gasteiger partial charge in [-0.1, -0.05) is 48.5 Å². The highest BCUT2D eigenvalue weighted by molar-refractivity contribution is 5.70. The van der Waals surface area contributed by atoms with Crippen LogP contribution in [-0.4, -0.2) is 9.97 Å². The summed E-state index contributed by atoms with van der Waals surface area (Å²) in [6, 6.07) is 15.7. The average Bonchev–Trinajstić information content (AvgIpc) is 2.60. The Morgan fingerprint density at radius 3 is 2.24 bits per heavy atom. The van der Waals surface area contributed by atoms with Crippen molar-refractivity contribution >= 4 is 12.2 Å². The number of nitrogens with zero attached hydrogens (tertiary/aromatic N) is 1. The molecule has 3 nitrogen and oxygen atoms in total. The second-order valence-corrected chi connectivity index (χ2v) is 5.35. The first-order valence-corrected chi connectivity index (χ1v) is 7.44. The Hall–Kier alpha value is -3.15. The van der Waals surface area contributed by atoms with E-state index in [1.54, 1.807) is 18.2 Å². The van der Waals surface area contributed by atoms with E-state index in [1.165, 1.54) is 12.1 Å². The Bertz CT molecular complexity index is 943. The molecule has 6 heteroatoms. The van der Waals surface area contributed by atoms with Crippen LogP contribution in [0.1, 0.15) is 16.8 Å². The van der Waals surface area contributed by atoms with E-state index in [0.29, 0.717) is 17.0 Å². The van der Waals surface area contributed by atoms with Gasteiger partial charge in [0.1, 0.15) is 0 Å². The largest absolute Gasteiger partial charge is 0.416 e. The number of halogens is 3. The predicted octanol–water partition coefficient (Wildman–Crippen LogP) is 4.63. The molecule has 0 radical (unpaired) electrons. The molecule has 126 valence electrons. The monoisotopic (exact) mass is 342 g/mol. The Balaban J connectivity index is 1.87. The molecule has 0 aliphatic rings. The van der Waals surface area contributed by atoms with E-state index in [2.05, 4.69) is 9.97 Å². The summed E-state index contributed by atoms with van der Waals surface area (Å²) in [5.74, 6) is 0. The summed E-state index contributed by atoms with van der Waals surface area (Å²) in [4.78, 5) is 18.2. The maximum Gasteiger partial charge on any atom is 0.416 e. The molecular weight excluding hydrogens is 329 g/mol. The number of hydrogen-bond acceptors (Lipinski definition) is 2. The third kappa shape index (κ3) is 4.23. The van der Waals surface area contributed by atoms with Gasteiger partial charge in [0.2, 0.25) is 0 Å². The summed E-state index contributed by atoms with van der Waals surface area (Å²) in [5, 5.41) is 0. The summed E-state index contributed by atoms with van der Waals surface area (Å²) in [5.41, 5.74) is 1.24. The number of H-pyrrole nitrogens is 1. The SMILES string of the molecule is O=c1nc(-c2ccccc2)cc(/C=C/c2ccc(C(F)(F)F)cc2)[nH]1. The van der Waals surface area contributed by atoms with Crippen LogP contribution < -0.4 is 5.69 Å². The van der Waals surface area contributed by atoms with Crippen molar-refractivity contribution in [3.05, 3.63) is 88.0 Å². The van der Waals surface area contributed by atoms with Gasteiger partial charge in [0.15, 0.2) is 0 Å². The Kier molecular flexibility index (Phi) is 4.52. The van der Waals surface area contributed by atoms with Gasteiger partial charge in [-0.25, -0.2) is 4.79 Å². The van der Waals surface area contributed by atoms with E-state index < -0.39 is 17.4 Å². The van der Waals surface area contributed by atoms with E-state index in [1.807, 2.05) is 30.3 Å². The molecule has 0 amide bonds. The van der Waals surface area contributed by atoms with Crippen molar-refractivity contribution in [3.8, 4) is 11.3 Å². The lowest BCUT2D eigenvalue weighted by atomic mass is 10.1. The summed E-state index contributed by atoms with van der Waals surface area (Å²) in [6.45, 7) is 0. The number of nitrogens with one attached hydrogen (secondary N) is 1. The Morgan fingerprint density at radius 2 is 1.60 bits per heavy atom. The van der Waals surface area contributed by atoms with Crippen molar-refractivity contribution in [1.82, 2.24) is 9.97 Å². The maximum atomic E-state index is 12.6. The van der Waals surface area contributed by atoms with Crippen LogP contribution in [0.3, 0.4) is 0 Å². The molecule has 0 aliphatic heterocycles. The second kappa shape index (κ2) is 6.76. The molecule has 2 aromatic carbocycles. The number of aromatic amines is 1. The van der Waals surface area contributed by atoms with Gasteiger partial charge in [0, 0.05) is 11.3 Å². The Morgan fingerprint density at radius 1 is 0.920 bits per heavy atom. The van der Waals surface area contributed by atoms with Gasteiger partial charge in [-0.15, -0.1) is 0 Å². The average molecular weight is 342 g/mol. The third-order valence-corrected chi connectivity index (χ3v) is 3.53. The molecule has 0 unspecified atom stereocenters. The zero-order chi connectivity index (χ0) is 17.9. The third-order valence-electron chi connectivity index (χ3n) is 3.53. The number of rotatable bonds is 3. The van der Waals surface area contributed by atoms with Crippen LogP contribution in [0.5, 0.6) is 0 Å². The van der Waals surface area contributed by atoms with Crippen LogP contribution in [0.4, 0.5) is 13.2 Å². The quantitative estimate of drug-likeness (QED) is 0.754. The summed E-state index contributed by atoms with van der Waals surface area (Å²) < 4.78 is 37.7. The van der Waals surface area contributed by atoms with Gasteiger partial charge in [-0.3, -0.25) is 0 Å². The van der Waals surface area contributed by atoms with Crippen LogP contribution in [-0.2, 0) is 6.18 Å². The van der Waals surface area contributed by atoms with E-state index in [9.17, 15) is 18.0 Å². The highest BCUT2D eigenvalue weighted by Gasteiger charge is 2.29. The number of hydrogen-bond donors (Lipinski definition) is 1. The van der Waals surface area contributed by atoms with Crippen LogP contribution in [0.25, 0.3) is 23.4 Å². The van der Waals surface area contributed by atoms with Crippen molar-refractivity contribution in [3.63, 3.8) is 0 Å². The first-order chi connectivity index (χ1) is 11.9. The fraction of sp³-hybridized carbons (Fsp3) is 0.0526. The van der Waals surface area contributed by atoms with E-state index in [-0.39, 0.29) is 0 Å². The number of alkyl halides is 3. The summed E-state index contributed by atoms with van der Waals surface area (Å²) >= 11 is 0. The molecule has 0 saturated heterocycles. The number of benzene rings is 2. The molecule has 1 aromatic heterocycles. The molecule has 1 heterocycles. The smallest absolute Gasteiger partial charge is 0.306 e. The zero-order valence-electron chi connectivity index (χ0n) is 12.9. The molecule has 0 spiro atoms. The van der Waals surface area contributed by atoms with Crippen molar-refractivity contribution in [1.29, 1.82) is 0 Å². The molecule has 0 aliphatic carbocycles. The molecule has 0 fully saturated rings. The Labute approximate surface area is 141 Å². The molecule has 25 heavy (non-hydrogen) atoms. The van der Waals surface area contributed by atoms with Crippen molar-refractivity contribution in [2.24, 2.45) is 0 Å². The topological polar surface area (TPSA) is 45.8 Å². The summed E-state index contributed by atoms with van der Waals surface area (Å²) in [7, 11) is 0. The molecular formula is C19H13F3N2O. The summed E-state index contributed by atoms with van der Waals surface area (Å²) in [6.07, 6.45) is -1.11. The van der Waals surface area contributed by atoms with Gasteiger partial charge in [0.25, 0.3) is 0 Å². The van der Waals surface area contributed by atoms with Crippen molar-refractivity contribution in [2.45, 2.75) is 6.18 Å². The van der Waals surface area contributed by atoms with E-state index in [4.69, 9.17) is 0 Å². The lowest BCUT2D eigenvalue weighted by Crippen LogP contribution is -2.12. The molecule has 0 bridgehead atoms. The molecule has 0 saturated carbocycles. The fourth-order valence-electron chi connectivity index (χ4n) is 2.29. The first-order valence-electron chi connectivity index (χ1n) is 7.44. The van der Waals surface area contributed by atoms with Gasteiger partial charge >= 0.3 is 11.9 Å². The van der Waals surface area contributed by atoms with Gasteiger partial charge < -0.3 is 4.98 Å². The van der Waals surface area contributed by atoms with Crippen LogP contribution in [0, 0.1) is 0 Å². The highest BCUT2D eigenvalue weighted by Crippen LogP contribution is 2.29. The van der Waals surface area contributed by atoms with Crippen LogP contribution in [0.15, 0.2) is 65.5 Å². The first kappa shape index (κ1) is 16.7. The lowest BCUT2D eigenvalue weighted by Gasteiger charge is -2.06. The van der Waals surface area contributed by atoms with Gasteiger partial charge in [-0.05, 0) is 29.8 Å². The molecule has 3 aromatic rings. The zero-order valence-corrected chi connectivity index (χ0v) is 12.9. The van der Waals surface area contributed by atoms with Gasteiger partial charge in [0.05, 0.1) is 11.3 Å². The minimum absolute atomic E-state index is 0.492. The highest BCUT2D eigenvalue weighted by atomic mass is 19.4.